The third kappa shape index (κ3) is 2.26. The Morgan fingerprint density at radius 2 is 2.13 bits per heavy atom. The third-order valence-corrected chi connectivity index (χ3v) is 4.04. The Hall–Kier alpha value is -0.340. The van der Waals surface area contributed by atoms with Crippen LogP contribution in [0.2, 0.25) is 0 Å². The van der Waals surface area contributed by atoms with Crippen molar-refractivity contribution in [2.45, 2.75) is 51.1 Å². The van der Waals surface area contributed by atoms with Gasteiger partial charge in [0.2, 0.25) is 0 Å². The van der Waals surface area contributed by atoms with Crippen molar-refractivity contribution in [2.24, 2.45) is 0 Å². The van der Waals surface area contributed by atoms with Crippen LogP contribution in [-0.4, -0.2) is 36.1 Å². The molecule has 86 valence electrons. The van der Waals surface area contributed by atoms with Gasteiger partial charge in [-0.1, -0.05) is 25.0 Å². The van der Waals surface area contributed by atoms with Crippen molar-refractivity contribution < 1.29 is 0 Å². The maximum atomic E-state index is 3.66. The molecule has 1 unspecified atom stereocenters. The second-order valence-electron chi connectivity index (χ2n) is 5.19. The average Bonchev–Trinajstić information content (AvgIpc) is 2.70. The highest BCUT2D eigenvalue weighted by Crippen LogP contribution is 2.36. The minimum atomic E-state index is 0.492. The van der Waals surface area contributed by atoms with Gasteiger partial charge >= 0.3 is 0 Å². The molecule has 2 heteroatoms. The van der Waals surface area contributed by atoms with E-state index in [-0.39, 0.29) is 0 Å². The predicted octanol–water partition coefficient (Wildman–Crippen LogP) is 2.17. The van der Waals surface area contributed by atoms with Crippen LogP contribution < -0.4 is 5.32 Å². The number of hydrogen-bond acceptors (Lipinski definition) is 2. The van der Waals surface area contributed by atoms with E-state index in [4.69, 9.17) is 0 Å². The molecule has 15 heavy (non-hydrogen) atoms. The molecule has 1 N–H and O–H groups in total. The number of nitrogens with zero attached hydrogens (tertiary/aromatic N) is 1. The lowest BCUT2D eigenvalue weighted by Gasteiger charge is -2.47. The van der Waals surface area contributed by atoms with E-state index in [2.05, 4.69) is 36.2 Å². The van der Waals surface area contributed by atoms with Crippen LogP contribution in [0.15, 0.2) is 12.2 Å². The summed E-state index contributed by atoms with van der Waals surface area (Å²) in [5.74, 6) is 0. The Balaban J connectivity index is 2.05. The van der Waals surface area contributed by atoms with Crippen molar-refractivity contribution in [3.05, 3.63) is 12.2 Å². The van der Waals surface area contributed by atoms with E-state index >= 15 is 0 Å². The Bertz CT molecular complexity index is 229. The Morgan fingerprint density at radius 1 is 1.40 bits per heavy atom. The first-order valence-electron chi connectivity index (χ1n) is 6.36. The van der Waals surface area contributed by atoms with Crippen molar-refractivity contribution in [2.75, 3.05) is 19.6 Å². The number of piperazine rings is 1. The minimum absolute atomic E-state index is 0.492. The van der Waals surface area contributed by atoms with Gasteiger partial charge in [-0.25, -0.2) is 0 Å². The molecule has 0 amide bonds. The van der Waals surface area contributed by atoms with E-state index in [1.807, 2.05) is 0 Å². The lowest BCUT2D eigenvalue weighted by Crippen LogP contribution is -2.62. The lowest BCUT2D eigenvalue weighted by molar-refractivity contribution is 0.0581. The van der Waals surface area contributed by atoms with Gasteiger partial charge in [-0.3, -0.25) is 4.90 Å². The van der Waals surface area contributed by atoms with Crippen molar-refractivity contribution in [3.8, 4) is 0 Å². The molecule has 1 heterocycles. The van der Waals surface area contributed by atoms with Crippen molar-refractivity contribution >= 4 is 0 Å². The van der Waals surface area contributed by atoms with Gasteiger partial charge < -0.3 is 5.32 Å². The zero-order valence-corrected chi connectivity index (χ0v) is 10.1. The Kier molecular flexibility index (Phi) is 3.47. The van der Waals surface area contributed by atoms with Gasteiger partial charge in [-0.15, -0.1) is 0 Å². The molecule has 2 rings (SSSR count). The van der Waals surface area contributed by atoms with Crippen molar-refractivity contribution in [3.63, 3.8) is 0 Å². The maximum absolute atomic E-state index is 3.66. The average molecular weight is 208 g/mol. The third-order valence-electron chi connectivity index (χ3n) is 4.04. The molecule has 1 atom stereocenters. The molecule has 1 saturated carbocycles. The van der Waals surface area contributed by atoms with Crippen LogP contribution in [-0.2, 0) is 0 Å². The van der Waals surface area contributed by atoms with Gasteiger partial charge in [0.05, 0.1) is 0 Å². The highest BCUT2D eigenvalue weighted by atomic mass is 15.3. The first kappa shape index (κ1) is 11.2. The standard InChI is InChI=1S/C13H24N2/c1-3-4-9-15-10-12(2)14-11-13(15)7-5-6-8-13/h3-4,12,14H,5-11H2,1-2H3/b4-3+. The zero-order chi connectivity index (χ0) is 10.7. The Morgan fingerprint density at radius 3 is 2.80 bits per heavy atom. The summed E-state index contributed by atoms with van der Waals surface area (Å²) in [6.07, 6.45) is 10.1. The summed E-state index contributed by atoms with van der Waals surface area (Å²) in [5, 5.41) is 3.66. The second-order valence-corrected chi connectivity index (χ2v) is 5.19. The van der Waals surface area contributed by atoms with E-state index in [0.29, 0.717) is 11.6 Å². The highest BCUT2D eigenvalue weighted by molar-refractivity contribution is 5.03. The highest BCUT2D eigenvalue weighted by Gasteiger charge is 2.41. The van der Waals surface area contributed by atoms with Gasteiger partial charge in [-0.2, -0.15) is 0 Å². The maximum Gasteiger partial charge on any atom is 0.0338 e. The predicted molar refractivity (Wildman–Crippen MR) is 65.1 cm³/mol. The van der Waals surface area contributed by atoms with E-state index in [1.165, 1.54) is 38.8 Å². The van der Waals surface area contributed by atoms with Gasteiger partial charge in [0.25, 0.3) is 0 Å². The fourth-order valence-corrected chi connectivity index (χ4v) is 3.09. The molecule has 1 spiro atoms. The summed E-state index contributed by atoms with van der Waals surface area (Å²) < 4.78 is 0. The van der Waals surface area contributed by atoms with Crippen LogP contribution in [0.4, 0.5) is 0 Å². The topological polar surface area (TPSA) is 15.3 Å². The lowest BCUT2D eigenvalue weighted by atomic mass is 9.91. The van der Waals surface area contributed by atoms with Gasteiger partial charge in [0.15, 0.2) is 0 Å². The molecule has 1 aliphatic heterocycles. The van der Waals surface area contributed by atoms with Crippen molar-refractivity contribution in [1.29, 1.82) is 0 Å². The monoisotopic (exact) mass is 208 g/mol. The molecular formula is C13H24N2. The molecule has 2 fully saturated rings. The molecule has 1 aliphatic carbocycles. The first-order chi connectivity index (χ1) is 7.27. The van der Waals surface area contributed by atoms with Gasteiger partial charge in [0, 0.05) is 31.2 Å². The molecule has 0 radical (unpaired) electrons. The quantitative estimate of drug-likeness (QED) is 0.700. The molecule has 0 aromatic heterocycles. The van der Waals surface area contributed by atoms with E-state index in [9.17, 15) is 0 Å². The summed E-state index contributed by atoms with van der Waals surface area (Å²) in [4.78, 5) is 2.71. The van der Waals surface area contributed by atoms with Gasteiger partial charge in [-0.05, 0) is 26.7 Å². The largest absolute Gasteiger partial charge is 0.311 e. The molecule has 2 aliphatic rings. The molecule has 0 bridgehead atoms. The van der Waals surface area contributed by atoms with E-state index in [0.717, 1.165) is 6.54 Å². The van der Waals surface area contributed by atoms with Crippen LogP contribution in [0, 0.1) is 0 Å². The van der Waals surface area contributed by atoms with Crippen LogP contribution >= 0.6 is 0 Å². The first-order valence-corrected chi connectivity index (χ1v) is 6.36. The second kappa shape index (κ2) is 4.67. The summed E-state index contributed by atoms with van der Waals surface area (Å²) in [5.41, 5.74) is 0.492. The molecule has 2 nitrogen and oxygen atoms in total. The van der Waals surface area contributed by atoms with Gasteiger partial charge in [0.1, 0.15) is 0 Å². The zero-order valence-electron chi connectivity index (χ0n) is 10.1. The smallest absolute Gasteiger partial charge is 0.0338 e. The summed E-state index contributed by atoms with van der Waals surface area (Å²) in [6, 6.07) is 0.654. The Labute approximate surface area is 93.7 Å². The van der Waals surface area contributed by atoms with Crippen LogP contribution in [0.25, 0.3) is 0 Å². The van der Waals surface area contributed by atoms with Crippen LogP contribution in [0.5, 0.6) is 0 Å². The number of allylic oxidation sites excluding steroid dienone is 1. The summed E-state index contributed by atoms with van der Waals surface area (Å²) in [6.45, 7) is 7.97. The van der Waals surface area contributed by atoms with E-state index in [1.54, 1.807) is 0 Å². The molecule has 0 aromatic carbocycles. The molecular weight excluding hydrogens is 184 g/mol. The van der Waals surface area contributed by atoms with Crippen LogP contribution in [0.3, 0.4) is 0 Å². The molecule has 1 saturated heterocycles. The summed E-state index contributed by atoms with van der Waals surface area (Å²) >= 11 is 0. The normalized spacial score (nSPS) is 31.7. The van der Waals surface area contributed by atoms with Crippen molar-refractivity contribution in [1.82, 2.24) is 10.2 Å². The minimum Gasteiger partial charge on any atom is -0.311 e. The van der Waals surface area contributed by atoms with E-state index < -0.39 is 0 Å². The number of rotatable bonds is 2. The fraction of sp³-hybridized carbons (Fsp3) is 0.846. The fourth-order valence-electron chi connectivity index (χ4n) is 3.09. The van der Waals surface area contributed by atoms with Crippen LogP contribution in [0.1, 0.15) is 39.5 Å². The SMILES string of the molecule is C/C=C/CN1CC(C)NCC12CCCC2. The molecule has 0 aromatic rings. The number of hydrogen-bond donors (Lipinski definition) is 1. The number of nitrogens with one attached hydrogen (secondary N) is 1. The summed E-state index contributed by atoms with van der Waals surface area (Å²) in [7, 11) is 0.